The summed E-state index contributed by atoms with van der Waals surface area (Å²) in [4.78, 5) is 42.1. The number of hydrogen-bond acceptors (Lipinski definition) is 13. The Hall–Kier alpha value is -4.16. The van der Waals surface area contributed by atoms with Gasteiger partial charge in [0.15, 0.2) is 5.13 Å². The highest BCUT2D eigenvalue weighted by Gasteiger charge is 2.38. The highest BCUT2D eigenvalue weighted by molar-refractivity contribution is 7.86. The minimum Gasteiger partial charge on any atom is -0.497 e. The van der Waals surface area contributed by atoms with E-state index in [0.29, 0.717) is 37.7 Å². The van der Waals surface area contributed by atoms with Crippen molar-refractivity contribution in [3.63, 3.8) is 0 Å². The topological polar surface area (TPSA) is 230 Å². The summed E-state index contributed by atoms with van der Waals surface area (Å²) in [6.45, 7) is 16.8. The number of carbonyl (C=O) groups excluding carboxylic acids is 2. The van der Waals surface area contributed by atoms with Crippen LogP contribution in [-0.4, -0.2) is 100 Å². The molecule has 1 aliphatic rings. The van der Waals surface area contributed by atoms with Crippen LogP contribution in [0.15, 0.2) is 41.8 Å². The van der Waals surface area contributed by atoms with Crippen molar-refractivity contribution in [3.8, 4) is 22.9 Å². The summed E-state index contributed by atoms with van der Waals surface area (Å²) in [5.41, 5.74) is 12.0. The fourth-order valence-electron chi connectivity index (χ4n) is 6.23. The Labute approximate surface area is 396 Å². The lowest BCUT2D eigenvalue weighted by atomic mass is 9.83. The number of hydrogen-bond donors (Lipinski definition) is 6. The minimum atomic E-state index is -1.02. The zero-order valence-electron chi connectivity index (χ0n) is 41.3. The van der Waals surface area contributed by atoms with Crippen molar-refractivity contribution >= 4 is 56.5 Å². The summed E-state index contributed by atoms with van der Waals surface area (Å²) in [6.07, 6.45) is 16.7. The van der Waals surface area contributed by atoms with Gasteiger partial charge in [0.2, 0.25) is 0 Å². The number of aldehydes is 1. The molecule has 1 aliphatic carbocycles. The standard InChI is InChI=1S/C18H35N3O4S.C17H19N3O2S.C10H18O2.C2H6.CH5N/c1-17(2,3)26(24)13-18(9-5-4-6-10-18)21-16(23)20-14-25-11-7-8-15(19)12-22;1-10(2)18-17-20-15(9-23-17)14-8-16(22-4)12-6-5-11(21-3)7-13(12)19-14;1-2-3-4-5-6-7-8-9-10(11)12;2*1-2/h12,15H,4-11,13-14,19H2,1-3H3,(H2,20,21,23);5-10H,1-4H3,(H,18,20);6-7H,2-5,8-9H2,1H3,(H,11,12);1-2H3;2H2,1H3/b;;7-6-;;/t15-,26?;;;;/m0..../s1. The van der Waals surface area contributed by atoms with Crippen LogP contribution in [0.25, 0.3) is 22.3 Å². The molecular weight excluding hydrogens is 867 g/mol. The number of aliphatic carboxylic acids is 1. The summed E-state index contributed by atoms with van der Waals surface area (Å²) in [5, 5.41) is 21.2. The van der Waals surface area contributed by atoms with Crippen LogP contribution in [0.4, 0.5) is 9.93 Å². The number of urea groups is 1. The monoisotopic (exact) mass is 950 g/mol. The number of methoxy groups -OCH3 is 2. The Morgan fingerprint density at radius 1 is 0.985 bits per heavy atom. The molecule has 1 unspecified atom stereocenters. The second-order valence-electron chi connectivity index (χ2n) is 16.4. The van der Waals surface area contributed by atoms with Gasteiger partial charge >= 0.3 is 12.0 Å². The van der Waals surface area contributed by atoms with Crippen molar-refractivity contribution in [2.45, 2.75) is 161 Å². The van der Waals surface area contributed by atoms with Crippen LogP contribution >= 0.6 is 11.3 Å². The Morgan fingerprint density at radius 3 is 2.25 bits per heavy atom. The van der Waals surface area contributed by atoms with Crippen molar-refractivity contribution in [1.82, 2.24) is 20.6 Å². The minimum absolute atomic E-state index is 0.0978. The van der Waals surface area contributed by atoms with E-state index in [0.717, 1.165) is 83.7 Å². The van der Waals surface area contributed by atoms with Crippen LogP contribution in [0.2, 0.25) is 0 Å². The van der Waals surface area contributed by atoms with E-state index in [-0.39, 0.29) is 23.9 Å². The summed E-state index contributed by atoms with van der Waals surface area (Å²) in [6, 6.07) is 7.28. The Kier molecular flexibility index (Phi) is 32.8. The number of carboxylic acid groups (broad SMARTS) is 1. The number of unbranched alkanes of at least 4 members (excludes halogenated alkanes) is 3. The molecule has 2 amide bonds. The lowest BCUT2D eigenvalue weighted by Crippen LogP contribution is -2.57. The number of nitrogens with zero attached hydrogens (tertiary/aromatic N) is 2. The molecule has 8 N–H and O–H groups in total. The number of rotatable bonds is 22. The first-order valence-electron chi connectivity index (χ1n) is 23.0. The molecule has 370 valence electrons. The van der Waals surface area contributed by atoms with E-state index >= 15 is 0 Å². The SMILES string of the molecule is CC.CC(C)(C)S(=O)CC1(NC(=O)NCOCCC[C@H](N)C=O)CCCCC1.CCCCC/C=C\CCC(=O)O.CN.COc1ccc2c(OC)cc(-c3csc(NC(C)C)n3)nc2c1. The molecule has 0 saturated heterocycles. The van der Waals surface area contributed by atoms with Gasteiger partial charge in [0.1, 0.15) is 30.2 Å². The molecule has 0 spiro atoms. The molecular formula is C48H83N7O8S2. The number of aromatic nitrogens is 2. The molecule has 1 fully saturated rings. The molecule has 4 rings (SSSR count). The average Bonchev–Trinajstić information content (AvgIpc) is 3.76. The molecule has 3 aromatic rings. The number of ether oxygens (including phenoxy) is 3. The average molecular weight is 950 g/mol. The van der Waals surface area contributed by atoms with Crippen molar-refractivity contribution in [1.29, 1.82) is 0 Å². The van der Waals surface area contributed by atoms with Gasteiger partial charge in [-0.25, -0.2) is 14.8 Å². The maximum absolute atomic E-state index is 12.6. The molecule has 1 saturated carbocycles. The molecule has 2 atom stereocenters. The number of allylic oxidation sites excluding steroid dienone is 2. The first-order chi connectivity index (χ1) is 31.1. The quantitative estimate of drug-likeness (QED) is 0.0239. The largest absolute Gasteiger partial charge is 0.497 e. The van der Waals surface area contributed by atoms with Crippen molar-refractivity contribution in [3.05, 3.63) is 41.8 Å². The van der Waals surface area contributed by atoms with E-state index in [9.17, 15) is 18.6 Å². The molecule has 15 nitrogen and oxygen atoms in total. The van der Waals surface area contributed by atoms with Crippen LogP contribution in [0.1, 0.15) is 139 Å². The van der Waals surface area contributed by atoms with Crippen LogP contribution in [0.3, 0.4) is 0 Å². The van der Waals surface area contributed by atoms with E-state index in [4.69, 9.17) is 30.0 Å². The second kappa shape index (κ2) is 35.1. The molecule has 65 heavy (non-hydrogen) atoms. The fourth-order valence-corrected chi connectivity index (χ4v) is 8.37. The van der Waals surface area contributed by atoms with Gasteiger partial charge in [-0.15, -0.1) is 11.3 Å². The summed E-state index contributed by atoms with van der Waals surface area (Å²) in [7, 11) is 3.79. The number of benzene rings is 1. The number of nitrogens with one attached hydrogen (secondary N) is 3. The zero-order valence-corrected chi connectivity index (χ0v) is 42.9. The van der Waals surface area contributed by atoms with Gasteiger partial charge in [0, 0.05) is 63.3 Å². The van der Waals surface area contributed by atoms with Gasteiger partial charge < -0.3 is 51.5 Å². The highest BCUT2D eigenvalue weighted by atomic mass is 32.2. The Balaban J connectivity index is 0.000000961. The number of amides is 2. The van der Waals surface area contributed by atoms with E-state index in [1.807, 2.05) is 70.3 Å². The number of carbonyl (C=O) groups is 3. The predicted molar refractivity (Wildman–Crippen MR) is 271 cm³/mol. The number of carboxylic acids is 1. The van der Waals surface area contributed by atoms with Crippen LogP contribution in [0, 0.1) is 0 Å². The number of fused-ring (bicyclic) bond motifs is 1. The lowest BCUT2D eigenvalue weighted by Gasteiger charge is -2.39. The van der Waals surface area contributed by atoms with Gasteiger partial charge in [-0.3, -0.25) is 9.00 Å². The van der Waals surface area contributed by atoms with Crippen LogP contribution in [-0.2, 0) is 25.1 Å². The van der Waals surface area contributed by atoms with E-state index in [1.165, 1.54) is 26.3 Å². The van der Waals surface area contributed by atoms with Crippen molar-refractivity contribution < 1.29 is 37.9 Å². The number of nitrogens with two attached hydrogens (primary N) is 2. The van der Waals surface area contributed by atoms with Crippen molar-refractivity contribution in [2.75, 3.05) is 45.7 Å². The summed E-state index contributed by atoms with van der Waals surface area (Å²) >= 11 is 1.57. The first-order valence-corrected chi connectivity index (χ1v) is 25.2. The van der Waals surface area contributed by atoms with Gasteiger partial charge in [0.05, 0.1) is 37.0 Å². The number of anilines is 1. The molecule has 2 heterocycles. The highest BCUT2D eigenvalue weighted by Crippen LogP contribution is 2.34. The summed E-state index contributed by atoms with van der Waals surface area (Å²) < 4.78 is 28.5. The van der Waals surface area contributed by atoms with E-state index in [2.05, 4.69) is 53.5 Å². The molecule has 0 aliphatic heterocycles. The molecule has 0 bridgehead atoms. The third-order valence-corrected chi connectivity index (χ3v) is 12.6. The first kappa shape index (κ1) is 60.8. The Bertz CT molecular complexity index is 1810. The van der Waals surface area contributed by atoms with Gasteiger partial charge in [-0.2, -0.15) is 0 Å². The molecule has 17 heteroatoms. The maximum Gasteiger partial charge on any atom is 0.317 e. The Morgan fingerprint density at radius 2 is 1.66 bits per heavy atom. The van der Waals surface area contributed by atoms with E-state index < -0.39 is 28.3 Å². The van der Waals surface area contributed by atoms with Gasteiger partial charge in [0.25, 0.3) is 0 Å². The zero-order chi connectivity index (χ0) is 49.3. The smallest absolute Gasteiger partial charge is 0.317 e. The maximum atomic E-state index is 12.6. The molecule has 1 aromatic carbocycles. The van der Waals surface area contributed by atoms with Gasteiger partial charge in [-0.1, -0.05) is 65.0 Å². The van der Waals surface area contributed by atoms with Crippen molar-refractivity contribution in [2.24, 2.45) is 11.5 Å². The number of pyridine rings is 1. The third-order valence-electron chi connectivity index (χ3n) is 9.66. The summed E-state index contributed by atoms with van der Waals surface area (Å²) in [5.74, 6) is 1.31. The molecule has 0 radical (unpaired) electrons. The van der Waals surface area contributed by atoms with Crippen LogP contribution < -0.4 is 36.9 Å². The fraction of sp³-hybridized carbons (Fsp3) is 0.646. The third kappa shape index (κ3) is 25.9. The molecule has 2 aromatic heterocycles. The normalized spacial score (nSPS) is 13.8. The van der Waals surface area contributed by atoms with Crippen LogP contribution in [0.5, 0.6) is 11.5 Å². The predicted octanol–water partition coefficient (Wildman–Crippen LogP) is 9.60. The second-order valence-corrected chi connectivity index (χ2v) is 19.5. The number of thiazole rings is 1. The lowest BCUT2D eigenvalue weighted by molar-refractivity contribution is -0.136. The van der Waals surface area contributed by atoms with Gasteiger partial charge in [-0.05, 0) is 98.7 Å². The van der Waals surface area contributed by atoms with E-state index in [1.54, 1.807) is 25.6 Å².